The third-order valence-corrected chi connectivity index (χ3v) is 2.53. The number of hydrogen-bond donors (Lipinski definition) is 7. The second kappa shape index (κ2) is 7.22. The fraction of sp³-hybridized carbons (Fsp3) is 0.143. The number of hydrogen-bond acceptors (Lipinski definition) is 7. The van der Waals surface area contributed by atoms with E-state index in [-0.39, 0.29) is 24.7 Å². The summed E-state index contributed by atoms with van der Waals surface area (Å²) >= 11 is 0. The van der Waals surface area contributed by atoms with Gasteiger partial charge in [-0.25, -0.2) is 0 Å². The Morgan fingerprint density at radius 2 is 1.05 bits per heavy atom. The zero-order chi connectivity index (χ0) is 16.0. The molecular formula is C14H16O7. The fourth-order valence-electron chi connectivity index (χ4n) is 1.42. The Kier molecular flexibility index (Phi) is 5.65. The monoisotopic (exact) mass is 296 g/mol. The van der Waals surface area contributed by atoms with Crippen molar-refractivity contribution >= 4 is 0 Å². The summed E-state index contributed by atoms with van der Waals surface area (Å²) in [6, 6.07) is 6.54. The van der Waals surface area contributed by atoms with Crippen LogP contribution in [0.15, 0.2) is 30.3 Å². The van der Waals surface area contributed by atoms with E-state index in [1.807, 2.05) is 0 Å². The minimum Gasteiger partial charge on any atom is -0.504 e. The molecule has 7 N–H and O–H groups in total. The van der Waals surface area contributed by atoms with E-state index in [1.165, 1.54) is 30.3 Å². The van der Waals surface area contributed by atoms with Crippen molar-refractivity contribution in [3.63, 3.8) is 0 Å². The topological polar surface area (TPSA) is 142 Å². The second-order valence-corrected chi connectivity index (χ2v) is 4.12. The van der Waals surface area contributed by atoms with Gasteiger partial charge in [0, 0.05) is 0 Å². The van der Waals surface area contributed by atoms with Gasteiger partial charge < -0.3 is 35.7 Å². The third kappa shape index (κ3) is 4.44. The molecular weight excluding hydrogens is 280 g/mol. The smallest absolute Gasteiger partial charge is 0.200 e. The van der Waals surface area contributed by atoms with Gasteiger partial charge in [-0.15, -0.1) is 0 Å². The fourth-order valence-corrected chi connectivity index (χ4v) is 1.42. The van der Waals surface area contributed by atoms with Gasteiger partial charge in [0.15, 0.2) is 28.7 Å². The standard InChI is InChI=1S/C7H8O4.C7H8O3/c8-3-4-1-5(9)7(11)6(10)2-4;8-4-5-1-2-6(9)7(10)3-5/h1-2,8-11H,3H2;1-3,8-10H,4H2. The summed E-state index contributed by atoms with van der Waals surface area (Å²) in [5.41, 5.74) is 0.924. The molecule has 2 aromatic rings. The maximum Gasteiger partial charge on any atom is 0.200 e. The summed E-state index contributed by atoms with van der Waals surface area (Å²) < 4.78 is 0. The molecule has 0 heterocycles. The van der Waals surface area contributed by atoms with Gasteiger partial charge in [0.25, 0.3) is 0 Å². The van der Waals surface area contributed by atoms with Crippen LogP contribution < -0.4 is 0 Å². The molecule has 7 nitrogen and oxygen atoms in total. The minimum atomic E-state index is -0.567. The molecule has 0 atom stereocenters. The van der Waals surface area contributed by atoms with E-state index < -0.39 is 17.2 Å². The summed E-state index contributed by atoms with van der Waals surface area (Å²) in [6.07, 6.45) is 0. The molecule has 2 aromatic carbocycles. The average Bonchev–Trinajstić information content (AvgIpc) is 2.47. The zero-order valence-corrected chi connectivity index (χ0v) is 10.9. The van der Waals surface area contributed by atoms with Crippen molar-refractivity contribution in [3.05, 3.63) is 41.5 Å². The first-order valence-electron chi connectivity index (χ1n) is 5.85. The van der Waals surface area contributed by atoms with Crippen molar-refractivity contribution in [2.75, 3.05) is 0 Å². The number of aliphatic hydroxyl groups excluding tert-OH is 2. The number of phenols is 5. The molecule has 114 valence electrons. The van der Waals surface area contributed by atoms with Crippen LogP contribution in [0.5, 0.6) is 28.7 Å². The van der Waals surface area contributed by atoms with Crippen molar-refractivity contribution in [1.82, 2.24) is 0 Å². The van der Waals surface area contributed by atoms with E-state index in [1.54, 1.807) is 0 Å². The Bertz CT molecular complexity index is 587. The molecule has 0 unspecified atom stereocenters. The van der Waals surface area contributed by atoms with Crippen LogP contribution in [0.4, 0.5) is 0 Å². The lowest BCUT2D eigenvalue weighted by Crippen LogP contribution is -1.82. The minimum absolute atomic E-state index is 0.131. The highest BCUT2D eigenvalue weighted by Gasteiger charge is 2.06. The van der Waals surface area contributed by atoms with Crippen molar-refractivity contribution in [3.8, 4) is 28.7 Å². The first-order chi connectivity index (χ1) is 9.88. The van der Waals surface area contributed by atoms with Crippen LogP contribution in [-0.4, -0.2) is 35.7 Å². The Balaban J connectivity index is 0.000000211. The van der Waals surface area contributed by atoms with Gasteiger partial charge in [0.1, 0.15) is 0 Å². The van der Waals surface area contributed by atoms with Crippen LogP contribution in [0.2, 0.25) is 0 Å². The molecule has 0 spiro atoms. The molecule has 2 rings (SSSR count). The average molecular weight is 296 g/mol. The number of aromatic hydroxyl groups is 5. The number of aliphatic hydroxyl groups is 2. The van der Waals surface area contributed by atoms with Crippen LogP contribution in [0.25, 0.3) is 0 Å². The number of benzene rings is 2. The van der Waals surface area contributed by atoms with E-state index in [2.05, 4.69) is 0 Å². The molecule has 0 aliphatic rings. The van der Waals surface area contributed by atoms with Gasteiger partial charge in [-0.2, -0.15) is 0 Å². The van der Waals surface area contributed by atoms with Gasteiger partial charge in [-0.05, 0) is 35.4 Å². The predicted octanol–water partition coefficient (Wildman–Crippen LogP) is 0.886. The largest absolute Gasteiger partial charge is 0.504 e. The highest BCUT2D eigenvalue weighted by molar-refractivity contribution is 5.50. The molecule has 0 aliphatic heterocycles. The lowest BCUT2D eigenvalue weighted by Gasteiger charge is -2.02. The third-order valence-electron chi connectivity index (χ3n) is 2.53. The molecule has 0 amide bonds. The SMILES string of the molecule is OCc1cc(O)c(O)c(O)c1.OCc1ccc(O)c(O)c1. The number of rotatable bonds is 2. The van der Waals surface area contributed by atoms with Gasteiger partial charge in [0.2, 0.25) is 0 Å². The highest BCUT2D eigenvalue weighted by atomic mass is 16.3. The second-order valence-electron chi connectivity index (χ2n) is 4.12. The highest BCUT2D eigenvalue weighted by Crippen LogP contribution is 2.35. The maximum atomic E-state index is 8.89. The molecule has 0 bridgehead atoms. The first-order valence-corrected chi connectivity index (χ1v) is 5.85. The lowest BCUT2D eigenvalue weighted by molar-refractivity contribution is 0.279. The Morgan fingerprint density at radius 1 is 0.571 bits per heavy atom. The Labute approximate surface area is 120 Å². The Morgan fingerprint density at radius 3 is 1.48 bits per heavy atom. The molecule has 7 heteroatoms. The summed E-state index contributed by atoms with van der Waals surface area (Å²) in [4.78, 5) is 0. The van der Waals surface area contributed by atoms with E-state index in [9.17, 15) is 0 Å². The quantitative estimate of drug-likeness (QED) is 0.408. The molecule has 21 heavy (non-hydrogen) atoms. The lowest BCUT2D eigenvalue weighted by atomic mass is 10.2. The van der Waals surface area contributed by atoms with E-state index >= 15 is 0 Å². The first kappa shape index (κ1) is 16.4. The summed E-state index contributed by atoms with van der Waals surface area (Å²) in [5.74, 6) is -1.81. The van der Waals surface area contributed by atoms with E-state index in [0.29, 0.717) is 11.1 Å². The molecule has 0 radical (unpaired) electrons. The summed E-state index contributed by atoms with van der Waals surface area (Å²) in [6.45, 7) is -0.421. The normalized spacial score (nSPS) is 9.81. The molecule has 0 fully saturated rings. The van der Waals surface area contributed by atoms with E-state index in [0.717, 1.165) is 0 Å². The van der Waals surface area contributed by atoms with E-state index in [4.69, 9.17) is 35.7 Å². The molecule has 0 aliphatic carbocycles. The van der Waals surface area contributed by atoms with Crippen molar-refractivity contribution in [2.45, 2.75) is 13.2 Å². The van der Waals surface area contributed by atoms with Gasteiger partial charge in [-0.1, -0.05) is 6.07 Å². The van der Waals surface area contributed by atoms with Crippen LogP contribution in [0, 0.1) is 0 Å². The van der Waals surface area contributed by atoms with Crippen molar-refractivity contribution < 1.29 is 35.7 Å². The molecule has 0 saturated carbocycles. The van der Waals surface area contributed by atoms with Crippen LogP contribution in [-0.2, 0) is 13.2 Å². The zero-order valence-electron chi connectivity index (χ0n) is 10.9. The molecule has 0 aromatic heterocycles. The summed E-state index contributed by atoms with van der Waals surface area (Å²) in [7, 11) is 0. The Hall–Kier alpha value is -2.64. The molecule has 0 saturated heterocycles. The maximum absolute atomic E-state index is 8.89. The van der Waals surface area contributed by atoms with Crippen molar-refractivity contribution in [1.29, 1.82) is 0 Å². The van der Waals surface area contributed by atoms with Crippen LogP contribution >= 0.6 is 0 Å². The van der Waals surface area contributed by atoms with Gasteiger partial charge >= 0.3 is 0 Å². The predicted molar refractivity (Wildman–Crippen MR) is 73.1 cm³/mol. The van der Waals surface area contributed by atoms with Crippen LogP contribution in [0.3, 0.4) is 0 Å². The number of phenolic OH excluding ortho intramolecular Hbond substituents is 5. The van der Waals surface area contributed by atoms with Gasteiger partial charge in [0.05, 0.1) is 13.2 Å². The van der Waals surface area contributed by atoms with Crippen molar-refractivity contribution in [2.24, 2.45) is 0 Å². The van der Waals surface area contributed by atoms with Gasteiger partial charge in [-0.3, -0.25) is 0 Å². The summed E-state index contributed by atoms with van der Waals surface area (Å²) in [5, 5.41) is 61.4. The van der Waals surface area contributed by atoms with Crippen LogP contribution in [0.1, 0.15) is 11.1 Å².